The summed E-state index contributed by atoms with van der Waals surface area (Å²) in [6.07, 6.45) is 2.87. The van der Waals surface area contributed by atoms with Crippen LogP contribution in [-0.4, -0.2) is 37.7 Å². The van der Waals surface area contributed by atoms with E-state index in [9.17, 15) is 23.7 Å². The van der Waals surface area contributed by atoms with Crippen LogP contribution in [0.2, 0.25) is 0 Å². The number of ketones is 2. The summed E-state index contributed by atoms with van der Waals surface area (Å²) in [5.41, 5.74) is 1.57. The van der Waals surface area contributed by atoms with Crippen molar-refractivity contribution in [1.82, 2.24) is 0 Å². The summed E-state index contributed by atoms with van der Waals surface area (Å²) in [7, 11) is -1.39. The van der Waals surface area contributed by atoms with Crippen molar-refractivity contribution in [2.45, 2.75) is 72.1 Å². The number of ether oxygens (including phenoxy) is 1. The summed E-state index contributed by atoms with van der Waals surface area (Å²) in [4.78, 5) is 48.2. The topological polar surface area (TPSA) is 122 Å². The van der Waals surface area contributed by atoms with Gasteiger partial charge < -0.3 is 14.1 Å². The second kappa shape index (κ2) is 13.5. The quantitative estimate of drug-likeness (QED) is 0.0899. The molecule has 0 aliphatic carbocycles. The Hall–Kier alpha value is -3.39. The Morgan fingerprint density at radius 1 is 0.805 bits per heavy atom. The molecular formula is C31H39O9P. The Morgan fingerprint density at radius 2 is 1.32 bits per heavy atom. The molecule has 41 heavy (non-hydrogen) atoms. The summed E-state index contributed by atoms with van der Waals surface area (Å²) in [5.74, 6) is -1.68. The number of phosphoric ester groups is 1. The van der Waals surface area contributed by atoms with E-state index in [0.29, 0.717) is 28.0 Å². The van der Waals surface area contributed by atoms with Gasteiger partial charge in [0.05, 0.1) is 12.0 Å². The molecule has 2 aromatic rings. The number of phosphoric acid groups is 1. The van der Waals surface area contributed by atoms with Crippen molar-refractivity contribution in [3.8, 4) is 5.75 Å². The first-order valence-corrected chi connectivity index (χ1v) is 14.5. The maximum absolute atomic E-state index is 13.3. The van der Waals surface area contributed by atoms with E-state index < -0.39 is 30.6 Å². The Labute approximate surface area is 241 Å². The highest BCUT2D eigenvalue weighted by molar-refractivity contribution is 7.48. The molecule has 0 N–H and O–H groups in total. The number of esters is 2. The summed E-state index contributed by atoms with van der Waals surface area (Å²) < 4.78 is 33.6. The van der Waals surface area contributed by atoms with Gasteiger partial charge in [0.1, 0.15) is 11.5 Å². The number of allylic oxidation sites excluding steroid dienone is 1. The minimum Gasteiger partial charge on any atom is -0.403 e. The summed E-state index contributed by atoms with van der Waals surface area (Å²) in [5, 5.41) is 0. The van der Waals surface area contributed by atoms with E-state index in [1.165, 1.54) is 39.4 Å². The summed E-state index contributed by atoms with van der Waals surface area (Å²) in [6, 6.07) is 9.63. The zero-order valence-electron chi connectivity index (χ0n) is 25.2. The molecule has 0 unspecified atom stereocenters. The monoisotopic (exact) mass is 586 g/mol. The number of carbonyl (C=O) groups is 4. The van der Waals surface area contributed by atoms with Crippen molar-refractivity contribution in [2.24, 2.45) is 0 Å². The molecule has 0 heterocycles. The van der Waals surface area contributed by atoms with Gasteiger partial charge in [-0.05, 0) is 53.7 Å². The van der Waals surface area contributed by atoms with Crippen LogP contribution in [0.4, 0.5) is 0 Å². The third-order valence-corrected chi connectivity index (χ3v) is 7.40. The maximum Gasteiger partial charge on any atom is 0.529 e. The van der Waals surface area contributed by atoms with E-state index in [2.05, 4.69) is 0 Å². The lowest BCUT2D eigenvalue weighted by Crippen LogP contribution is -2.21. The van der Waals surface area contributed by atoms with Crippen LogP contribution >= 0.6 is 7.82 Å². The van der Waals surface area contributed by atoms with Crippen LogP contribution < -0.4 is 4.52 Å². The van der Waals surface area contributed by atoms with Gasteiger partial charge >= 0.3 is 19.8 Å². The smallest absolute Gasteiger partial charge is 0.403 e. The Kier molecular flexibility index (Phi) is 11.1. The second-order valence-corrected chi connectivity index (χ2v) is 13.4. The van der Waals surface area contributed by atoms with Crippen molar-refractivity contribution in [3.63, 3.8) is 0 Å². The molecule has 0 aliphatic heterocycles. The Bertz CT molecular complexity index is 1330. The molecular weight excluding hydrogens is 547 g/mol. The average Bonchev–Trinajstić information content (AvgIpc) is 2.89. The van der Waals surface area contributed by atoms with E-state index in [1.807, 2.05) is 41.5 Å². The highest BCUT2D eigenvalue weighted by Gasteiger charge is 2.34. The minimum atomic E-state index is -3.88. The number of benzene rings is 2. The summed E-state index contributed by atoms with van der Waals surface area (Å²) >= 11 is 0. The molecule has 2 aromatic carbocycles. The highest BCUT2D eigenvalue weighted by Crippen LogP contribution is 2.52. The van der Waals surface area contributed by atoms with E-state index in [4.69, 9.17) is 18.3 Å². The first kappa shape index (κ1) is 33.8. The molecule has 0 fully saturated rings. The molecule has 10 heteroatoms. The lowest BCUT2D eigenvalue weighted by molar-refractivity contribution is -0.139. The van der Waals surface area contributed by atoms with Crippen LogP contribution in [-0.2, 0) is 38.8 Å². The highest BCUT2D eigenvalue weighted by atomic mass is 31.2. The third-order valence-electron chi connectivity index (χ3n) is 6.10. The largest absolute Gasteiger partial charge is 0.529 e. The molecule has 0 spiro atoms. The van der Waals surface area contributed by atoms with Crippen molar-refractivity contribution in [2.75, 3.05) is 14.2 Å². The van der Waals surface area contributed by atoms with Crippen molar-refractivity contribution >= 4 is 37.4 Å². The van der Waals surface area contributed by atoms with Gasteiger partial charge in [-0.25, -0.2) is 9.36 Å². The number of hydrogen-bond acceptors (Lipinski definition) is 9. The Morgan fingerprint density at radius 3 is 1.76 bits per heavy atom. The molecule has 0 radical (unpaired) electrons. The van der Waals surface area contributed by atoms with Crippen molar-refractivity contribution < 1.29 is 42.1 Å². The van der Waals surface area contributed by atoms with E-state index in [-0.39, 0.29) is 30.0 Å². The molecule has 2 rings (SSSR count). The van der Waals surface area contributed by atoms with Gasteiger partial charge in [0.25, 0.3) is 0 Å². The van der Waals surface area contributed by atoms with Gasteiger partial charge in [-0.1, -0.05) is 59.8 Å². The number of carbonyl (C=O) groups excluding carboxylic acids is 4. The maximum atomic E-state index is 13.3. The predicted octanol–water partition coefficient (Wildman–Crippen LogP) is 7.01. The molecule has 0 saturated carbocycles. The van der Waals surface area contributed by atoms with E-state index in [1.54, 1.807) is 30.3 Å². The van der Waals surface area contributed by atoms with Gasteiger partial charge in [-0.3, -0.25) is 18.6 Å². The fourth-order valence-corrected chi connectivity index (χ4v) is 4.45. The Balaban J connectivity index is 2.37. The molecule has 0 aliphatic rings. The van der Waals surface area contributed by atoms with Crippen molar-refractivity contribution in [1.29, 1.82) is 0 Å². The third kappa shape index (κ3) is 9.59. The SMILES string of the molecule is COP(=O)(OC)Oc1c(C(C)(C)C)cc(C(=O)C=Cc2ccc(C(=O)OC(=O)CCC(C)=O)cc2)cc1C(C)(C)C. The molecule has 0 amide bonds. The number of hydrogen-bond donors (Lipinski definition) is 0. The first-order valence-electron chi connectivity index (χ1n) is 13.1. The molecule has 222 valence electrons. The molecule has 9 nitrogen and oxygen atoms in total. The van der Waals surface area contributed by atoms with Crippen LogP contribution in [0.15, 0.2) is 42.5 Å². The standard InChI is InChI=1S/C31H39O9P/c1-20(32)10-17-27(34)39-29(35)22-14-11-21(12-15-22)13-16-26(33)23-18-24(30(2,3)4)28(25(19-23)31(5,6)7)40-41(36,37-8)38-9/h11-16,18-19H,10,17H2,1-9H3. The average molecular weight is 587 g/mol. The van der Waals surface area contributed by atoms with Crippen molar-refractivity contribution in [3.05, 3.63) is 70.3 Å². The zero-order chi connectivity index (χ0) is 31.2. The van der Waals surface area contributed by atoms with E-state index in [0.717, 1.165) is 0 Å². The van der Waals surface area contributed by atoms with Gasteiger partial charge in [-0.15, -0.1) is 0 Å². The van der Waals surface area contributed by atoms with Crippen LogP contribution in [0.1, 0.15) is 98.7 Å². The molecule has 0 bridgehead atoms. The minimum absolute atomic E-state index is 0.00916. The lowest BCUT2D eigenvalue weighted by Gasteiger charge is -2.31. The first-order chi connectivity index (χ1) is 18.9. The number of rotatable bonds is 11. The van der Waals surface area contributed by atoms with Crippen LogP contribution in [0.25, 0.3) is 6.08 Å². The van der Waals surface area contributed by atoms with Gasteiger partial charge in [0.15, 0.2) is 5.78 Å². The van der Waals surface area contributed by atoms with E-state index >= 15 is 0 Å². The molecule has 0 saturated heterocycles. The fraction of sp³-hybridized carbons (Fsp3) is 0.419. The second-order valence-electron chi connectivity index (χ2n) is 11.6. The predicted molar refractivity (Wildman–Crippen MR) is 156 cm³/mol. The fourth-order valence-electron chi connectivity index (χ4n) is 3.73. The lowest BCUT2D eigenvalue weighted by atomic mass is 9.78. The van der Waals surface area contributed by atoms with Gasteiger partial charge in [-0.2, -0.15) is 0 Å². The van der Waals surface area contributed by atoms with Crippen LogP contribution in [0, 0.1) is 0 Å². The molecule has 0 atom stereocenters. The van der Waals surface area contributed by atoms with Crippen LogP contribution in [0.5, 0.6) is 5.75 Å². The number of Topliss-reactive ketones (excluding diaryl/α,β-unsaturated/α-hetero) is 1. The van der Waals surface area contributed by atoms with Crippen LogP contribution in [0.3, 0.4) is 0 Å². The zero-order valence-corrected chi connectivity index (χ0v) is 26.0. The van der Waals surface area contributed by atoms with Gasteiger partial charge in [0.2, 0.25) is 0 Å². The van der Waals surface area contributed by atoms with Gasteiger partial charge in [0, 0.05) is 37.3 Å². The molecule has 0 aromatic heterocycles. The summed E-state index contributed by atoms with van der Waals surface area (Å²) in [6.45, 7) is 13.1. The normalized spacial score (nSPS) is 12.3.